The van der Waals surface area contributed by atoms with Crippen LogP contribution in [0, 0.1) is 0 Å². The van der Waals surface area contributed by atoms with Gasteiger partial charge in [-0.2, -0.15) is 0 Å². The van der Waals surface area contributed by atoms with E-state index in [2.05, 4.69) is 39.8 Å². The summed E-state index contributed by atoms with van der Waals surface area (Å²) in [5.74, 6) is 0. The van der Waals surface area contributed by atoms with Gasteiger partial charge in [-0.05, 0) is 12.8 Å². The minimum atomic E-state index is 1.26. The van der Waals surface area contributed by atoms with E-state index in [0.717, 1.165) is 0 Å². The van der Waals surface area contributed by atoms with Crippen LogP contribution >= 0.6 is 22.9 Å². The van der Waals surface area contributed by atoms with Crippen LogP contribution in [0.1, 0.15) is 39.5 Å². The van der Waals surface area contributed by atoms with Crippen molar-refractivity contribution in [1.29, 1.82) is 0 Å². The average Bonchev–Trinajstić information content (AvgIpc) is 1.97. The van der Waals surface area contributed by atoms with Crippen LogP contribution in [-0.2, 0) is 0 Å². The molecule has 0 spiro atoms. The summed E-state index contributed by atoms with van der Waals surface area (Å²) < 4.78 is 2.39. The van der Waals surface area contributed by atoms with Crippen molar-refractivity contribution < 1.29 is 0 Å². The van der Waals surface area contributed by atoms with Gasteiger partial charge in [-0.1, -0.05) is 26.7 Å². The van der Waals surface area contributed by atoms with Crippen LogP contribution in [0.25, 0.3) is 0 Å². The highest BCUT2D eigenvalue weighted by molar-refractivity contribution is 14.1. The zero-order valence-electron chi connectivity index (χ0n) is 7.07. The lowest BCUT2D eigenvalue weighted by atomic mass is 10.3. The summed E-state index contributed by atoms with van der Waals surface area (Å²) in [5, 5.41) is 0. The summed E-state index contributed by atoms with van der Waals surface area (Å²) in [6.07, 6.45) is 5.30. The van der Waals surface area contributed by atoms with E-state index in [9.17, 15) is 0 Å². The molecule has 0 heterocycles. The minimum Gasteiger partial charge on any atom is -0.248 e. The molecule has 0 aromatic carbocycles. The number of hydrogen-bond donors (Lipinski definition) is 0. The Morgan fingerprint density at radius 2 is 1.40 bits per heavy atom. The lowest BCUT2D eigenvalue weighted by Crippen LogP contribution is -2.13. The lowest BCUT2D eigenvalue weighted by Gasteiger charge is -2.11. The second-order valence-electron chi connectivity index (χ2n) is 2.62. The molecule has 0 fully saturated rings. The van der Waals surface area contributed by atoms with Crippen LogP contribution < -0.4 is 0 Å². The van der Waals surface area contributed by atoms with Crippen LogP contribution in [0.4, 0.5) is 0 Å². The van der Waals surface area contributed by atoms with Gasteiger partial charge in [0.25, 0.3) is 0 Å². The van der Waals surface area contributed by atoms with Crippen LogP contribution in [0.3, 0.4) is 0 Å². The van der Waals surface area contributed by atoms with Crippen molar-refractivity contribution in [1.82, 2.24) is 3.11 Å². The molecule has 0 radical (unpaired) electrons. The molecule has 0 saturated carbocycles. The first-order valence-corrected chi connectivity index (χ1v) is 5.18. The predicted octanol–water partition coefficient (Wildman–Crippen LogP) is 3.24. The Balaban J connectivity index is 3.00. The largest absolute Gasteiger partial charge is 0.248 e. The van der Waals surface area contributed by atoms with Gasteiger partial charge in [0.1, 0.15) is 0 Å². The van der Waals surface area contributed by atoms with E-state index in [0.29, 0.717) is 0 Å². The molecule has 10 heavy (non-hydrogen) atoms. The molecule has 0 aromatic rings. The van der Waals surface area contributed by atoms with E-state index >= 15 is 0 Å². The van der Waals surface area contributed by atoms with Gasteiger partial charge in [0, 0.05) is 36.0 Å². The highest BCUT2D eigenvalue weighted by atomic mass is 127. The zero-order valence-corrected chi connectivity index (χ0v) is 9.23. The van der Waals surface area contributed by atoms with E-state index in [1.54, 1.807) is 0 Å². The Morgan fingerprint density at radius 3 is 1.70 bits per heavy atom. The predicted molar refractivity (Wildman–Crippen MR) is 55.4 cm³/mol. The molecule has 0 rings (SSSR count). The van der Waals surface area contributed by atoms with Gasteiger partial charge in [-0.15, -0.1) is 0 Å². The second-order valence-corrected chi connectivity index (χ2v) is 3.98. The molecule has 0 aliphatic carbocycles. The quantitative estimate of drug-likeness (QED) is 0.520. The smallest absolute Gasteiger partial charge is 0.0201 e. The molecule has 0 aromatic heterocycles. The summed E-state index contributed by atoms with van der Waals surface area (Å²) in [5.41, 5.74) is 0. The van der Waals surface area contributed by atoms with E-state index in [-0.39, 0.29) is 0 Å². The van der Waals surface area contributed by atoms with Crippen molar-refractivity contribution in [3.8, 4) is 0 Å². The third-order valence-electron chi connectivity index (χ3n) is 1.51. The maximum absolute atomic E-state index is 2.42. The molecule has 0 N–H and O–H groups in total. The Labute approximate surface area is 78.7 Å². The molecule has 62 valence electrons. The highest BCUT2D eigenvalue weighted by Gasteiger charge is 1.96. The summed E-state index contributed by atoms with van der Waals surface area (Å²) in [7, 11) is 0. The Hall–Kier alpha value is 0.690. The van der Waals surface area contributed by atoms with Gasteiger partial charge in [0.15, 0.2) is 0 Å². The van der Waals surface area contributed by atoms with Crippen molar-refractivity contribution >= 4 is 22.9 Å². The fourth-order valence-electron chi connectivity index (χ4n) is 0.771. The lowest BCUT2D eigenvalue weighted by molar-refractivity contribution is 0.476. The molecule has 0 aliphatic rings. The molecule has 0 atom stereocenters. The molecule has 0 aliphatic heterocycles. The first-order valence-electron chi connectivity index (χ1n) is 4.22. The van der Waals surface area contributed by atoms with Gasteiger partial charge in [-0.3, -0.25) is 0 Å². The summed E-state index contributed by atoms with van der Waals surface area (Å²) in [6.45, 7) is 7.00. The van der Waals surface area contributed by atoms with Crippen molar-refractivity contribution in [3.63, 3.8) is 0 Å². The van der Waals surface area contributed by atoms with Crippen molar-refractivity contribution in [2.75, 3.05) is 13.1 Å². The molecule has 0 saturated heterocycles. The molecule has 0 bridgehead atoms. The van der Waals surface area contributed by atoms with Gasteiger partial charge >= 0.3 is 0 Å². The maximum atomic E-state index is 2.42. The van der Waals surface area contributed by atoms with Crippen LogP contribution in [-0.4, -0.2) is 16.2 Å². The molecule has 0 unspecified atom stereocenters. The van der Waals surface area contributed by atoms with Gasteiger partial charge in [-0.25, -0.2) is 3.11 Å². The van der Waals surface area contributed by atoms with Gasteiger partial charge < -0.3 is 0 Å². The average molecular weight is 255 g/mol. The van der Waals surface area contributed by atoms with Crippen LogP contribution in [0.2, 0.25) is 0 Å². The zero-order chi connectivity index (χ0) is 7.82. The third-order valence-corrected chi connectivity index (χ3v) is 2.47. The topological polar surface area (TPSA) is 3.24 Å². The maximum Gasteiger partial charge on any atom is 0.0201 e. The first kappa shape index (κ1) is 10.7. The Bertz CT molecular complexity index is 58.3. The summed E-state index contributed by atoms with van der Waals surface area (Å²) >= 11 is 2.42. The first-order chi connectivity index (χ1) is 4.81. The Kier molecular flexibility index (Phi) is 8.33. The number of unbranched alkanes of at least 4 members (excludes halogenated alkanes) is 2. The van der Waals surface area contributed by atoms with E-state index < -0.39 is 0 Å². The third kappa shape index (κ3) is 6.81. The number of halogens is 1. The van der Waals surface area contributed by atoms with Crippen molar-refractivity contribution in [2.24, 2.45) is 0 Å². The SMILES string of the molecule is CCCCN(I)CCCC. The number of nitrogens with zero attached hydrogens (tertiary/aromatic N) is 1. The van der Waals surface area contributed by atoms with E-state index in [1.807, 2.05) is 0 Å². The molecule has 2 heteroatoms. The fraction of sp³-hybridized carbons (Fsp3) is 1.00. The Morgan fingerprint density at radius 1 is 1.00 bits per heavy atom. The van der Waals surface area contributed by atoms with Gasteiger partial charge in [0.2, 0.25) is 0 Å². The second kappa shape index (κ2) is 7.79. The minimum absolute atomic E-state index is 1.26. The monoisotopic (exact) mass is 255 g/mol. The molecule has 0 amide bonds. The van der Waals surface area contributed by atoms with Crippen LogP contribution in [0.15, 0.2) is 0 Å². The summed E-state index contributed by atoms with van der Waals surface area (Å²) in [4.78, 5) is 0. The molecular weight excluding hydrogens is 237 g/mol. The normalized spacial score (nSPS) is 10.8. The van der Waals surface area contributed by atoms with Crippen LogP contribution in [0.5, 0.6) is 0 Å². The fourth-order valence-corrected chi connectivity index (χ4v) is 1.45. The van der Waals surface area contributed by atoms with Crippen molar-refractivity contribution in [3.05, 3.63) is 0 Å². The van der Waals surface area contributed by atoms with E-state index in [1.165, 1.54) is 38.8 Å². The number of rotatable bonds is 6. The molecule has 1 nitrogen and oxygen atoms in total. The standard InChI is InChI=1S/C8H18IN/c1-3-5-7-10(9)8-6-4-2/h3-8H2,1-2H3. The summed E-state index contributed by atoms with van der Waals surface area (Å²) in [6, 6.07) is 0. The number of hydrogen-bond acceptors (Lipinski definition) is 1. The van der Waals surface area contributed by atoms with Crippen molar-refractivity contribution in [2.45, 2.75) is 39.5 Å². The van der Waals surface area contributed by atoms with Gasteiger partial charge in [0.05, 0.1) is 0 Å². The highest BCUT2D eigenvalue weighted by Crippen LogP contribution is 2.03. The molecular formula is C8H18IN. The van der Waals surface area contributed by atoms with E-state index in [4.69, 9.17) is 0 Å².